The van der Waals surface area contributed by atoms with E-state index in [1.165, 1.54) is 6.07 Å². The quantitative estimate of drug-likeness (QED) is 0.624. The molecule has 7 heteroatoms. The molecule has 3 rings (SSSR count). The molecule has 7 nitrogen and oxygen atoms in total. The van der Waals surface area contributed by atoms with Crippen LogP contribution in [0, 0.1) is 10.1 Å². The molecule has 0 radical (unpaired) electrons. The molecule has 1 saturated heterocycles. The lowest BCUT2D eigenvalue weighted by Gasteiger charge is -2.24. The number of non-ortho nitro benzene ring substituents is 1. The van der Waals surface area contributed by atoms with Gasteiger partial charge in [-0.2, -0.15) is 0 Å². The predicted octanol–water partition coefficient (Wildman–Crippen LogP) is 2.20. The maximum absolute atomic E-state index is 11.7. The molecule has 23 heavy (non-hydrogen) atoms. The number of hydrogen-bond donors (Lipinski definition) is 0. The molecule has 2 heterocycles. The van der Waals surface area contributed by atoms with Crippen molar-refractivity contribution in [2.24, 2.45) is 0 Å². The minimum atomic E-state index is -0.392. The van der Waals surface area contributed by atoms with E-state index in [9.17, 15) is 14.9 Å². The largest absolute Gasteiger partial charge is 0.371 e. The molecule has 120 valence electrons. The lowest BCUT2D eigenvalue weighted by Crippen LogP contribution is -2.34. The summed E-state index contributed by atoms with van der Waals surface area (Å²) in [7, 11) is 1.91. The number of nitro groups is 1. The molecule has 0 N–H and O–H groups in total. The number of aromatic nitrogens is 1. The summed E-state index contributed by atoms with van der Waals surface area (Å²) in [6, 6.07) is 6.64. The monoisotopic (exact) mass is 314 g/mol. The van der Waals surface area contributed by atoms with Crippen molar-refractivity contribution in [3.63, 3.8) is 0 Å². The standard InChI is InChI=1S/C16H18N4O3/c1-18(10-11-19-9-3-5-15(19)21)14-7-6-13(20(22)23)12-4-2-8-17-16(12)14/h2,4,6-8H,3,5,9-11H2,1H3. The molecule has 0 saturated carbocycles. The Balaban J connectivity index is 1.86. The van der Waals surface area contributed by atoms with Gasteiger partial charge in [-0.25, -0.2) is 0 Å². The highest BCUT2D eigenvalue weighted by Crippen LogP contribution is 2.31. The molecule has 2 aromatic rings. The Kier molecular flexibility index (Phi) is 4.10. The van der Waals surface area contributed by atoms with Crippen molar-refractivity contribution < 1.29 is 9.72 Å². The van der Waals surface area contributed by atoms with Gasteiger partial charge in [-0.15, -0.1) is 0 Å². The lowest BCUT2D eigenvalue weighted by atomic mass is 10.1. The van der Waals surface area contributed by atoms with Crippen LogP contribution in [-0.2, 0) is 4.79 Å². The van der Waals surface area contributed by atoms with E-state index in [2.05, 4.69) is 4.98 Å². The topological polar surface area (TPSA) is 79.6 Å². The van der Waals surface area contributed by atoms with Crippen molar-refractivity contribution in [2.45, 2.75) is 12.8 Å². The van der Waals surface area contributed by atoms with Crippen LogP contribution in [0.4, 0.5) is 11.4 Å². The third-order valence-electron chi connectivity index (χ3n) is 4.21. The third-order valence-corrected chi connectivity index (χ3v) is 4.21. The maximum Gasteiger partial charge on any atom is 0.278 e. The lowest BCUT2D eigenvalue weighted by molar-refractivity contribution is -0.383. The summed E-state index contributed by atoms with van der Waals surface area (Å²) in [5.74, 6) is 0.199. The summed E-state index contributed by atoms with van der Waals surface area (Å²) in [5, 5.41) is 11.7. The minimum Gasteiger partial charge on any atom is -0.371 e. The van der Waals surface area contributed by atoms with Crippen LogP contribution in [0.3, 0.4) is 0 Å². The van der Waals surface area contributed by atoms with Crippen molar-refractivity contribution in [1.82, 2.24) is 9.88 Å². The van der Waals surface area contributed by atoms with Crippen molar-refractivity contribution in [1.29, 1.82) is 0 Å². The predicted molar refractivity (Wildman–Crippen MR) is 87.5 cm³/mol. The van der Waals surface area contributed by atoms with Gasteiger partial charge in [0, 0.05) is 45.4 Å². The fraction of sp³-hybridized carbons (Fsp3) is 0.375. The zero-order valence-corrected chi connectivity index (χ0v) is 12.9. The van der Waals surface area contributed by atoms with Crippen LogP contribution in [0.2, 0.25) is 0 Å². The summed E-state index contributed by atoms with van der Waals surface area (Å²) in [6.45, 7) is 2.13. The maximum atomic E-state index is 11.7. The van der Waals surface area contributed by atoms with Crippen molar-refractivity contribution in [3.05, 3.63) is 40.6 Å². The first-order valence-corrected chi connectivity index (χ1v) is 7.59. The highest BCUT2D eigenvalue weighted by molar-refractivity contribution is 5.97. The molecule has 0 unspecified atom stereocenters. The minimum absolute atomic E-state index is 0.0555. The second-order valence-corrected chi connectivity index (χ2v) is 5.67. The fourth-order valence-corrected chi connectivity index (χ4v) is 2.94. The number of benzene rings is 1. The number of pyridine rings is 1. The van der Waals surface area contributed by atoms with E-state index in [0.717, 1.165) is 18.7 Å². The second-order valence-electron chi connectivity index (χ2n) is 5.67. The smallest absolute Gasteiger partial charge is 0.278 e. The SMILES string of the molecule is CN(CCN1CCCC1=O)c1ccc([N+](=O)[O-])c2cccnc12. The van der Waals surface area contributed by atoms with Crippen LogP contribution in [-0.4, -0.2) is 47.4 Å². The van der Waals surface area contributed by atoms with Gasteiger partial charge in [0.15, 0.2) is 0 Å². The van der Waals surface area contributed by atoms with Gasteiger partial charge < -0.3 is 9.80 Å². The molecule has 1 aromatic carbocycles. The van der Waals surface area contributed by atoms with Crippen LogP contribution in [0.5, 0.6) is 0 Å². The van der Waals surface area contributed by atoms with E-state index >= 15 is 0 Å². The van der Waals surface area contributed by atoms with Crippen LogP contribution >= 0.6 is 0 Å². The van der Waals surface area contributed by atoms with E-state index < -0.39 is 4.92 Å². The Labute approximate surface area is 133 Å². The van der Waals surface area contributed by atoms with Crippen molar-refractivity contribution in [2.75, 3.05) is 31.6 Å². The molecule has 0 atom stereocenters. The van der Waals surface area contributed by atoms with E-state index in [1.807, 2.05) is 16.8 Å². The normalized spacial score (nSPS) is 14.5. The fourth-order valence-electron chi connectivity index (χ4n) is 2.94. The first kappa shape index (κ1) is 15.2. The summed E-state index contributed by atoms with van der Waals surface area (Å²) >= 11 is 0. The molecule has 1 aromatic heterocycles. The molecule has 1 fully saturated rings. The molecule has 0 aliphatic carbocycles. The third kappa shape index (κ3) is 2.94. The Morgan fingerprint density at radius 2 is 2.22 bits per heavy atom. The molecule has 1 aliphatic heterocycles. The summed E-state index contributed by atoms with van der Waals surface area (Å²) < 4.78 is 0. The van der Waals surface area contributed by atoms with Crippen molar-refractivity contribution >= 4 is 28.2 Å². The van der Waals surface area contributed by atoms with Crippen LogP contribution in [0.25, 0.3) is 10.9 Å². The first-order chi connectivity index (χ1) is 11.1. The molecule has 1 aliphatic rings. The number of hydrogen-bond acceptors (Lipinski definition) is 5. The Morgan fingerprint density at radius 3 is 2.91 bits per heavy atom. The molecule has 1 amide bonds. The zero-order chi connectivity index (χ0) is 16.4. The van der Waals surface area contributed by atoms with Gasteiger partial charge >= 0.3 is 0 Å². The van der Waals surface area contributed by atoms with Crippen LogP contribution in [0.15, 0.2) is 30.5 Å². The molecular weight excluding hydrogens is 296 g/mol. The number of anilines is 1. The Bertz CT molecular complexity index is 762. The van der Waals surface area contributed by atoms with Gasteiger partial charge in [-0.05, 0) is 24.6 Å². The van der Waals surface area contributed by atoms with Crippen molar-refractivity contribution in [3.8, 4) is 0 Å². The number of nitro benzene ring substituents is 1. The Hall–Kier alpha value is -2.70. The van der Waals surface area contributed by atoms with Crippen LogP contribution in [0.1, 0.15) is 12.8 Å². The van der Waals surface area contributed by atoms with Crippen LogP contribution < -0.4 is 4.90 Å². The number of rotatable bonds is 5. The second kappa shape index (κ2) is 6.20. The van der Waals surface area contributed by atoms with Gasteiger partial charge in [0.05, 0.1) is 16.0 Å². The average molecular weight is 314 g/mol. The summed E-state index contributed by atoms with van der Waals surface area (Å²) in [6.07, 6.45) is 3.18. The number of likely N-dealkylation sites (tertiary alicyclic amines) is 1. The number of carbonyl (C=O) groups is 1. The number of carbonyl (C=O) groups excluding carboxylic acids is 1. The van der Waals surface area contributed by atoms with E-state index in [4.69, 9.17) is 0 Å². The van der Waals surface area contributed by atoms with E-state index in [-0.39, 0.29) is 11.6 Å². The van der Waals surface area contributed by atoms with E-state index in [0.29, 0.717) is 30.4 Å². The number of fused-ring (bicyclic) bond motifs is 1. The zero-order valence-electron chi connectivity index (χ0n) is 12.9. The van der Waals surface area contributed by atoms with Gasteiger partial charge in [-0.1, -0.05) is 0 Å². The molecule has 0 spiro atoms. The van der Waals surface area contributed by atoms with Gasteiger partial charge in [0.25, 0.3) is 5.69 Å². The Morgan fingerprint density at radius 1 is 1.39 bits per heavy atom. The average Bonchev–Trinajstić information content (AvgIpc) is 2.96. The number of amides is 1. The van der Waals surface area contributed by atoms with Gasteiger partial charge in [-0.3, -0.25) is 19.9 Å². The number of nitrogens with zero attached hydrogens (tertiary/aromatic N) is 4. The molecule has 0 bridgehead atoms. The van der Waals surface area contributed by atoms with Gasteiger partial charge in [0.1, 0.15) is 5.52 Å². The van der Waals surface area contributed by atoms with E-state index in [1.54, 1.807) is 24.4 Å². The highest BCUT2D eigenvalue weighted by Gasteiger charge is 2.21. The number of likely N-dealkylation sites (N-methyl/N-ethyl adjacent to an activating group) is 1. The molecular formula is C16H18N4O3. The highest BCUT2D eigenvalue weighted by atomic mass is 16.6. The summed E-state index contributed by atoms with van der Waals surface area (Å²) in [4.78, 5) is 30.6. The summed E-state index contributed by atoms with van der Waals surface area (Å²) in [5.41, 5.74) is 1.50. The first-order valence-electron chi connectivity index (χ1n) is 7.59. The van der Waals surface area contributed by atoms with Gasteiger partial charge in [0.2, 0.25) is 5.91 Å².